The number of amides is 2. The molecule has 3 rings (SSSR count). The molecule has 0 aromatic carbocycles. The van der Waals surface area contributed by atoms with Crippen LogP contribution in [0.3, 0.4) is 0 Å². The fourth-order valence-electron chi connectivity index (χ4n) is 3.28. The molecular formula is C20H27N5O2. The van der Waals surface area contributed by atoms with Gasteiger partial charge in [0.2, 0.25) is 5.91 Å². The van der Waals surface area contributed by atoms with Gasteiger partial charge in [0.1, 0.15) is 5.69 Å². The van der Waals surface area contributed by atoms with Gasteiger partial charge in [-0.25, -0.2) is 0 Å². The van der Waals surface area contributed by atoms with Gasteiger partial charge in [0.25, 0.3) is 5.91 Å². The molecule has 1 aliphatic heterocycles. The second-order valence-corrected chi connectivity index (χ2v) is 7.47. The molecule has 27 heavy (non-hydrogen) atoms. The SMILES string of the molecule is CC(C)CCNC(=O)[C@H]1CCCN(C(=O)c2cc(-c3ccncc3)n[nH]2)C1. The normalized spacial score (nSPS) is 17.1. The first-order valence-corrected chi connectivity index (χ1v) is 9.57. The third kappa shape index (κ3) is 4.93. The third-order valence-electron chi connectivity index (χ3n) is 4.88. The smallest absolute Gasteiger partial charge is 0.271 e. The van der Waals surface area contributed by atoms with Crippen molar-refractivity contribution in [3.8, 4) is 11.3 Å². The van der Waals surface area contributed by atoms with Gasteiger partial charge in [-0.2, -0.15) is 5.10 Å². The molecule has 3 heterocycles. The van der Waals surface area contributed by atoms with Crippen LogP contribution < -0.4 is 5.32 Å². The number of piperidine rings is 1. The first-order valence-electron chi connectivity index (χ1n) is 9.57. The Bertz CT molecular complexity index is 772. The minimum atomic E-state index is -0.141. The Morgan fingerprint density at radius 2 is 2.11 bits per heavy atom. The zero-order valence-electron chi connectivity index (χ0n) is 15.9. The fraction of sp³-hybridized carbons (Fsp3) is 0.500. The van der Waals surface area contributed by atoms with E-state index in [1.807, 2.05) is 12.1 Å². The van der Waals surface area contributed by atoms with E-state index < -0.39 is 0 Å². The van der Waals surface area contributed by atoms with E-state index in [0.717, 1.165) is 24.8 Å². The van der Waals surface area contributed by atoms with Crippen LogP contribution in [0.5, 0.6) is 0 Å². The van der Waals surface area contributed by atoms with E-state index >= 15 is 0 Å². The van der Waals surface area contributed by atoms with Gasteiger partial charge < -0.3 is 10.2 Å². The molecule has 7 heteroatoms. The Labute approximate surface area is 159 Å². The molecule has 0 saturated carbocycles. The lowest BCUT2D eigenvalue weighted by atomic mass is 9.96. The highest BCUT2D eigenvalue weighted by atomic mass is 16.2. The van der Waals surface area contributed by atoms with Crippen LogP contribution in [0.25, 0.3) is 11.3 Å². The molecule has 2 N–H and O–H groups in total. The van der Waals surface area contributed by atoms with Crippen molar-refractivity contribution in [3.05, 3.63) is 36.3 Å². The zero-order chi connectivity index (χ0) is 19.2. The second-order valence-electron chi connectivity index (χ2n) is 7.47. The fourth-order valence-corrected chi connectivity index (χ4v) is 3.28. The van der Waals surface area contributed by atoms with E-state index in [1.165, 1.54) is 0 Å². The van der Waals surface area contributed by atoms with Gasteiger partial charge in [-0.15, -0.1) is 0 Å². The predicted octanol–water partition coefficient (Wildman–Crippen LogP) is 2.49. The van der Waals surface area contributed by atoms with Crippen molar-refractivity contribution < 1.29 is 9.59 Å². The Morgan fingerprint density at radius 3 is 2.85 bits per heavy atom. The minimum Gasteiger partial charge on any atom is -0.356 e. The highest BCUT2D eigenvalue weighted by Gasteiger charge is 2.29. The molecule has 0 bridgehead atoms. The number of H-pyrrole nitrogens is 1. The Kier molecular flexibility index (Phi) is 6.21. The number of nitrogens with zero attached hydrogens (tertiary/aromatic N) is 3. The number of hydrogen-bond acceptors (Lipinski definition) is 4. The van der Waals surface area contributed by atoms with Gasteiger partial charge in [-0.05, 0) is 43.4 Å². The van der Waals surface area contributed by atoms with E-state index in [-0.39, 0.29) is 17.7 Å². The Morgan fingerprint density at radius 1 is 1.33 bits per heavy atom. The lowest BCUT2D eigenvalue weighted by molar-refractivity contribution is -0.126. The number of pyridine rings is 1. The van der Waals surface area contributed by atoms with Gasteiger partial charge in [0.05, 0.1) is 11.6 Å². The van der Waals surface area contributed by atoms with Crippen molar-refractivity contribution >= 4 is 11.8 Å². The van der Waals surface area contributed by atoms with E-state index in [2.05, 4.69) is 34.3 Å². The monoisotopic (exact) mass is 369 g/mol. The summed E-state index contributed by atoms with van der Waals surface area (Å²) in [6.07, 6.45) is 6.01. The first-order chi connectivity index (χ1) is 13.0. The summed E-state index contributed by atoms with van der Waals surface area (Å²) in [6.45, 7) is 6.08. The largest absolute Gasteiger partial charge is 0.356 e. The van der Waals surface area contributed by atoms with Gasteiger partial charge >= 0.3 is 0 Å². The van der Waals surface area contributed by atoms with Crippen LogP contribution in [-0.4, -0.2) is 51.5 Å². The number of carbonyl (C=O) groups is 2. The van der Waals surface area contributed by atoms with Crippen molar-refractivity contribution in [2.75, 3.05) is 19.6 Å². The summed E-state index contributed by atoms with van der Waals surface area (Å²) in [7, 11) is 0. The van der Waals surface area contributed by atoms with Crippen LogP contribution in [-0.2, 0) is 4.79 Å². The summed E-state index contributed by atoms with van der Waals surface area (Å²) in [5.74, 6) is 0.361. The summed E-state index contributed by atoms with van der Waals surface area (Å²) >= 11 is 0. The van der Waals surface area contributed by atoms with Crippen molar-refractivity contribution in [1.82, 2.24) is 25.4 Å². The quantitative estimate of drug-likeness (QED) is 0.818. The highest BCUT2D eigenvalue weighted by molar-refractivity contribution is 5.94. The standard InChI is InChI=1S/C20H27N5O2/c1-14(2)5-10-22-19(26)16-4-3-11-25(13-16)20(27)18-12-17(23-24-18)15-6-8-21-9-7-15/h6-9,12,14,16H,3-5,10-11,13H2,1-2H3,(H,22,26)(H,23,24)/t16-/m0/s1. The third-order valence-corrected chi connectivity index (χ3v) is 4.88. The first kappa shape index (κ1) is 19.1. The van der Waals surface area contributed by atoms with Crippen LogP contribution in [0, 0.1) is 11.8 Å². The van der Waals surface area contributed by atoms with E-state index in [0.29, 0.717) is 36.9 Å². The van der Waals surface area contributed by atoms with E-state index in [9.17, 15) is 9.59 Å². The van der Waals surface area contributed by atoms with Crippen LogP contribution in [0.1, 0.15) is 43.6 Å². The van der Waals surface area contributed by atoms with Gasteiger partial charge in [-0.3, -0.25) is 19.7 Å². The molecule has 0 aliphatic carbocycles. The number of rotatable bonds is 6. The molecule has 0 spiro atoms. The Hall–Kier alpha value is -2.70. The zero-order valence-corrected chi connectivity index (χ0v) is 15.9. The second kappa shape index (κ2) is 8.79. The molecule has 7 nitrogen and oxygen atoms in total. The van der Waals surface area contributed by atoms with Crippen molar-refractivity contribution in [1.29, 1.82) is 0 Å². The maximum absolute atomic E-state index is 12.8. The van der Waals surface area contributed by atoms with Crippen LogP contribution in [0.15, 0.2) is 30.6 Å². The number of carbonyl (C=O) groups excluding carboxylic acids is 2. The molecule has 1 saturated heterocycles. The maximum atomic E-state index is 12.8. The predicted molar refractivity (Wildman–Crippen MR) is 103 cm³/mol. The molecule has 1 atom stereocenters. The molecule has 0 unspecified atom stereocenters. The van der Waals surface area contributed by atoms with Crippen LogP contribution >= 0.6 is 0 Å². The topological polar surface area (TPSA) is 91.0 Å². The summed E-state index contributed by atoms with van der Waals surface area (Å²) in [5.41, 5.74) is 2.06. The summed E-state index contributed by atoms with van der Waals surface area (Å²) < 4.78 is 0. The summed E-state index contributed by atoms with van der Waals surface area (Å²) in [4.78, 5) is 31.0. The molecule has 2 amide bonds. The number of aromatic nitrogens is 3. The molecule has 144 valence electrons. The molecule has 0 radical (unpaired) electrons. The van der Waals surface area contributed by atoms with Gasteiger partial charge in [0, 0.05) is 37.6 Å². The summed E-state index contributed by atoms with van der Waals surface area (Å²) in [6, 6.07) is 5.45. The number of nitrogens with one attached hydrogen (secondary N) is 2. The average molecular weight is 369 g/mol. The van der Waals surface area contributed by atoms with Crippen LogP contribution in [0.2, 0.25) is 0 Å². The lowest BCUT2D eigenvalue weighted by Gasteiger charge is -2.31. The van der Waals surface area contributed by atoms with Gasteiger partial charge in [0.15, 0.2) is 0 Å². The van der Waals surface area contributed by atoms with Crippen molar-refractivity contribution in [3.63, 3.8) is 0 Å². The van der Waals surface area contributed by atoms with E-state index in [4.69, 9.17) is 0 Å². The highest BCUT2D eigenvalue weighted by Crippen LogP contribution is 2.21. The number of hydrogen-bond donors (Lipinski definition) is 2. The molecule has 2 aromatic heterocycles. The molecular weight excluding hydrogens is 342 g/mol. The minimum absolute atomic E-state index is 0.0511. The van der Waals surface area contributed by atoms with E-state index in [1.54, 1.807) is 23.4 Å². The molecule has 1 fully saturated rings. The Balaban J connectivity index is 1.60. The van der Waals surface area contributed by atoms with Crippen LogP contribution in [0.4, 0.5) is 0 Å². The lowest BCUT2D eigenvalue weighted by Crippen LogP contribution is -2.45. The van der Waals surface area contributed by atoms with Gasteiger partial charge in [-0.1, -0.05) is 13.8 Å². The van der Waals surface area contributed by atoms with Crippen molar-refractivity contribution in [2.24, 2.45) is 11.8 Å². The maximum Gasteiger partial charge on any atom is 0.271 e. The number of likely N-dealkylation sites (tertiary alicyclic amines) is 1. The summed E-state index contributed by atoms with van der Waals surface area (Å²) in [5, 5.41) is 10.1. The van der Waals surface area contributed by atoms with Crippen molar-refractivity contribution in [2.45, 2.75) is 33.1 Å². The molecule has 1 aliphatic rings. The molecule has 2 aromatic rings. The average Bonchev–Trinajstić information content (AvgIpc) is 3.18. The number of aromatic amines is 1.